The molecule has 4 heteroatoms. The van der Waals surface area contributed by atoms with Gasteiger partial charge in [0.25, 0.3) is 0 Å². The molecule has 7 heavy (non-hydrogen) atoms. The first-order valence-corrected chi connectivity index (χ1v) is 2.16. The minimum absolute atomic E-state index is 0. The zero-order chi connectivity index (χ0) is 4.12. The van der Waals surface area contributed by atoms with Crippen LogP contribution in [0.4, 0.5) is 0 Å². The van der Waals surface area contributed by atoms with Gasteiger partial charge >= 0.3 is 0 Å². The highest BCUT2D eigenvalue weighted by Crippen LogP contribution is 1.64. The molecule has 48 valence electrons. The molecule has 0 aliphatic rings. The normalized spacial score (nSPS) is 6.00. The Morgan fingerprint density at radius 1 is 1.57 bits per heavy atom. The van der Waals surface area contributed by atoms with E-state index in [4.69, 9.17) is 11.6 Å². The van der Waals surface area contributed by atoms with Crippen LogP contribution in [0.2, 0.25) is 0 Å². The number of hydrogen-bond acceptors (Lipinski definition) is 1. The summed E-state index contributed by atoms with van der Waals surface area (Å²) in [6.45, 7) is 0.904. The number of rotatable bonds is 2. The van der Waals surface area contributed by atoms with Crippen LogP contribution in [0.5, 0.6) is 0 Å². The zero-order valence-electron chi connectivity index (χ0n) is 4.20. The van der Waals surface area contributed by atoms with Gasteiger partial charge in [-0.15, -0.1) is 24.0 Å². The van der Waals surface area contributed by atoms with Gasteiger partial charge in [0.05, 0.1) is 0 Å². The van der Waals surface area contributed by atoms with Gasteiger partial charge in [0.1, 0.15) is 0 Å². The van der Waals surface area contributed by atoms with Crippen LogP contribution in [0.15, 0.2) is 0 Å². The smallest absolute Gasteiger partial charge is 0.0348 e. The Labute approximate surface area is 55.0 Å². The molecule has 0 aliphatic heterocycles. The second-order valence-corrected chi connectivity index (χ2v) is 1.17. The van der Waals surface area contributed by atoms with E-state index in [9.17, 15) is 0 Å². The molecular formula is C3H11Cl2NO. The number of hydrogen-bond donors (Lipinski definition) is 1. The first-order valence-electron chi connectivity index (χ1n) is 1.62. The quantitative estimate of drug-likeness (QED) is 0.552. The summed E-state index contributed by atoms with van der Waals surface area (Å²) in [4.78, 5) is 0. The van der Waals surface area contributed by atoms with Crippen LogP contribution in [-0.4, -0.2) is 24.9 Å². The molecule has 0 saturated heterocycles. The molecular weight excluding hydrogens is 137 g/mol. The summed E-state index contributed by atoms with van der Waals surface area (Å²) in [6.07, 6.45) is 0. The largest absolute Gasteiger partial charge is 0.412 e. The summed E-state index contributed by atoms with van der Waals surface area (Å²) in [7, 11) is 1.88. The van der Waals surface area contributed by atoms with Gasteiger partial charge in [-0.05, 0) is 7.05 Å². The summed E-state index contributed by atoms with van der Waals surface area (Å²) >= 11 is 5.24. The lowest BCUT2D eigenvalue weighted by atomic mass is 10.8. The van der Waals surface area contributed by atoms with Crippen LogP contribution in [0.25, 0.3) is 0 Å². The van der Waals surface area contributed by atoms with Crippen LogP contribution in [0.3, 0.4) is 0 Å². The van der Waals surface area contributed by atoms with Crippen molar-refractivity contribution in [3.8, 4) is 0 Å². The predicted octanol–water partition coefficient (Wildman–Crippen LogP) is 0.0417. The average molecular weight is 148 g/mol. The van der Waals surface area contributed by atoms with E-state index in [1.54, 1.807) is 0 Å². The van der Waals surface area contributed by atoms with E-state index in [1.807, 2.05) is 7.05 Å². The molecule has 0 saturated carbocycles. The summed E-state index contributed by atoms with van der Waals surface area (Å²) in [5.41, 5.74) is 0. The summed E-state index contributed by atoms with van der Waals surface area (Å²) in [6, 6.07) is 0. The molecule has 0 radical (unpaired) electrons. The Balaban J connectivity index is -0.0000000800. The molecule has 3 N–H and O–H groups in total. The number of halogens is 2. The lowest BCUT2D eigenvalue weighted by Gasteiger charge is -1.82. The highest BCUT2D eigenvalue weighted by atomic mass is 35.5. The van der Waals surface area contributed by atoms with E-state index < -0.39 is 0 Å². The maximum absolute atomic E-state index is 5.24. The van der Waals surface area contributed by atoms with Crippen molar-refractivity contribution in [2.24, 2.45) is 0 Å². The molecule has 0 aromatic heterocycles. The summed E-state index contributed by atoms with van der Waals surface area (Å²) in [5, 5.41) is 2.89. The van der Waals surface area contributed by atoms with Gasteiger partial charge in [-0.25, -0.2) is 0 Å². The average Bonchev–Trinajstić information content (AvgIpc) is 1.41. The molecule has 0 spiro atoms. The first kappa shape index (κ1) is 15.6. The van der Waals surface area contributed by atoms with Crippen LogP contribution >= 0.6 is 24.0 Å². The van der Waals surface area contributed by atoms with E-state index in [1.165, 1.54) is 0 Å². The third kappa shape index (κ3) is 21.1. The monoisotopic (exact) mass is 147 g/mol. The molecule has 0 aromatic rings. The van der Waals surface area contributed by atoms with Crippen LogP contribution in [0, 0.1) is 0 Å². The number of nitrogens with one attached hydrogen (secondary N) is 1. The van der Waals surface area contributed by atoms with E-state index in [-0.39, 0.29) is 17.9 Å². The fraction of sp³-hybridized carbons (Fsp3) is 1.00. The molecule has 0 fully saturated rings. The van der Waals surface area contributed by atoms with Gasteiger partial charge in [-0.3, -0.25) is 0 Å². The molecule has 0 unspecified atom stereocenters. The van der Waals surface area contributed by atoms with E-state index in [0.29, 0.717) is 5.88 Å². The van der Waals surface area contributed by atoms with Crippen molar-refractivity contribution in [2.75, 3.05) is 19.5 Å². The standard InChI is InChI=1S/C3H8ClN.ClH.H2O/c1-5-3-2-4;;/h5H,2-3H2,1H3;1H;1H2. The Bertz CT molecular complexity index is 20.4. The molecule has 0 aromatic carbocycles. The van der Waals surface area contributed by atoms with E-state index in [0.717, 1.165) is 6.54 Å². The second-order valence-electron chi connectivity index (χ2n) is 0.793. The maximum Gasteiger partial charge on any atom is 0.0348 e. The van der Waals surface area contributed by atoms with Gasteiger partial charge in [-0.2, -0.15) is 0 Å². The van der Waals surface area contributed by atoms with Crippen LogP contribution in [-0.2, 0) is 0 Å². The Hall–Kier alpha value is 0.500. The SMILES string of the molecule is CNCCCl.Cl.O. The van der Waals surface area contributed by atoms with Crippen molar-refractivity contribution in [1.29, 1.82) is 0 Å². The lowest BCUT2D eigenvalue weighted by molar-refractivity contribution is 0.824. The highest BCUT2D eigenvalue weighted by molar-refractivity contribution is 6.18. The summed E-state index contributed by atoms with van der Waals surface area (Å²) in [5.74, 6) is 0.705. The predicted molar refractivity (Wildman–Crippen MR) is 35.5 cm³/mol. The molecule has 0 aliphatic carbocycles. The topological polar surface area (TPSA) is 43.5 Å². The molecule has 0 heterocycles. The van der Waals surface area contributed by atoms with Crippen molar-refractivity contribution >= 4 is 24.0 Å². The third-order valence-corrected chi connectivity index (χ3v) is 0.533. The minimum Gasteiger partial charge on any atom is -0.412 e. The molecule has 0 atom stereocenters. The Morgan fingerprint density at radius 2 is 2.00 bits per heavy atom. The maximum atomic E-state index is 5.24. The highest BCUT2D eigenvalue weighted by Gasteiger charge is 1.67. The minimum atomic E-state index is 0. The fourth-order valence-electron chi connectivity index (χ4n) is 0.0945. The van der Waals surface area contributed by atoms with Crippen LogP contribution in [0.1, 0.15) is 0 Å². The van der Waals surface area contributed by atoms with Gasteiger partial charge in [0, 0.05) is 12.4 Å². The van der Waals surface area contributed by atoms with Crippen molar-refractivity contribution in [3.05, 3.63) is 0 Å². The molecule has 0 rings (SSSR count). The van der Waals surface area contributed by atoms with Crippen molar-refractivity contribution < 1.29 is 5.48 Å². The Morgan fingerprint density at radius 3 is 2.00 bits per heavy atom. The van der Waals surface area contributed by atoms with Gasteiger partial charge in [0.2, 0.25) is 0 Å². The zero-order valence-corrected chi connectivity index (χ0v) is 5.77. The van der Waals surface area contributed by atoms with Crippen molar-refractivity contribution in [2.45, 2.75) is 0 Å². The molecule has 0 bridgehead atoms. The second kappa shape index (κ2) is 16.1. The summed E-state index contributed by atoms with van der Waals surface area (Å²) < 4.78 is 0. The molecule has 2 nitrogen and oxygen atoms in total. The lowest BCUT2D eigenvalue weighted by Crippen LogP contribution is -2.07. The van der Waals surface area contributed by atoms with Crippen LogP contribution < -0.4 is 5.32 Å². The fourth-order valence-corrected chi connectivity index (χ4v) is 0.283. The number of alkyl halides is 1. The van der Waals surface area contributed by atoms with Gasteiger partial charge in [0.15, 0.2) is 0 Å². The third-order valence-electron chi connectivity index (χ3n) is 0.344. The first-order chi connectivity index (χ1) is 2.41. The van der Waals surface area contributed by atoms with Crippen molar-refractivity contribution in [3.63, 3.8) is 0 Å². The van der Waals surface area contributed by atoms with Gasteiger partial charge in [-0.1, -0.05) is 0 Å². The van der Waals surface area contributed by atoms with E-state index in [2.05, 4.69) is 5.32 Å². The van der Waals surface area contributed by atoms with E-state index >= 15 is 0 Å². The Kier molecular flexibility index (Phi) is 35.9. The van der Waals surface area contributed by atoms with Crippen molar-refractivity contribution in [1.82, 2.24) is 5.32 Å². The molecule has 0 amide bonds. The van der Waals surface area contributed by atoms with Gasteiger partial charge < -0.3 is 10.8 Å².